The lowest BCUT2D eigenvalue weighted by Gasteiger charge is -2.08. The first-order chi connectivity index (χ1) is 15.1. The molecule has 0 atom stereocenters. The number of nitrogens with one attached hydrogen (secondary N) is 3. The van der Waals surface area contributed by atoms with E-state index in [0.29, 0.717) is 28.5 Å². The first-order valence-corrected chi connectivity index (χ1v) is 10.2. The molecule has 31 heavy (non-hydrogen) atoms. The molecule has 1 aliphatic rings. The summed E-state index contributed by atoms with van der Waals surface area (Å²) in [5.41, 5.74) is 4.07. The lowest BCUT2D eigenvalue weighted by molar-refractivity contribution is 0.103. The number of halogens is 1. The molecule has 154 valence electrons. The van der Waals surface area contributed by atoms with Gasteiger partial charge in [-0.05, 0) is 55.3 Å². The number of aromatic amines is 2. The second kappa shape index (κ2) is 6.53. The third kappa shape index (κ3) is 2.91. The normalized spacial score (nSPS) is 13.9. The molecule has 5 aromatic rings. The second-order valence-electron chi connectivity index (χ2n) is 7.91. The van der Waals surface area contributed by atoms with Crippen LogP contribution >= 0.6 is 0 Å². The number of benzene rings is 2. The molecule has 7 nitrogen and oxygen atoms in total. The fourth-order valence-electron chi connectivity index (χ4n) is 4.01. The highest BCUT2D eigenvalue weighted by atomic mass is 19.1. The van der Waals surface area contributed by atoms with E-state index in [1.807, 2.05) is 18.2 Å². The summed E-state index contributed by atoms with van der Waals surface area (Å²) in [5, 5.41) is 8.33. The van der Waals surface area contributed by atoms with Crippen LogP contribution in [0.2, 0.25) is 0 Å². The van der Waals surface area contributed by atoms with Crippen LogP contribution in [0.5, 0.6) is 0 Å². The molecular formula is C23H19FN6O. The summed E-state index contributed by atoms with van der Waals surface area (Å²) in [6, 6.07) is 12.0. The number of fused-ring (bicyclic) bond motifs is 2. The van der Waals surface area contributed by atoms with Gasteiger partial charge in [0.2, 0.25) is 5.78 Å². The van der Waals surface area contributed by atoms with E-state index in [2.05, 4.69) is 20.4 Å². The molecule has 0 aliphatic heterocycles. The van der Waals surface area contributed by atoms with Gasteiger partial charge in [-0.15, -0.1) is 0 Å². The quantitative estimate of drug-likeness (QED) is 0.369. The van der Waals surface area contributed by atoms with Crippen molar-refractivity contribution in [2.24, 2.45) is 0 Å². The van der Waals surface area contributed by atoms with Gasteiger partial charge < -0.3 is 15.3 Å². The van der Waals surface area contributed by atoms with E-state index >= 15 is 0 Å². The van der Waals surface area contributed by atoms with Crippen LogP contribution in [0.4, 0.5) is 10.2 Å². The van der Waals surface area contributed by atoms with Gasteiger partial charge in [-0.3, -0.25) is 4.79 Å². The van der Waals surface area contributed by atoms with Gasteiger partial charge in [0.15, 0.2) is 0 Å². The average Bonchev–Trinajstić information content (AvgIpc) is 3.22. The number of hydrogen-bond donors (Lipinski definition) is 3. The number of anilines is 1. The van der Waals surface area contributed by atoms with E-state index in [1.165, 1.54) is 25.0 Å². The fourth-order valence-corrected chi connectivity index (χ4v) is 4.01. The van der Waals surface area contributed by atoms with Gasteiger partial charge in [-0.2, -0.15) is 5.10 Å². The minimum absolute atomic E-state index is 0.218. The predicted molar refractivity (Wildman–Crippen MR) is 116 cm³/mol. The fraction of sp³-hybridized carbons (Fsp3) is 0.174. The van der Waals surface area contributed by atoms with Crippen LogP contribution in [0.25, 0.3) is 27.6 Å². The number of carbonyl (C=O) groups excluding carboxylic acids is 1. The maximum absolute atomic E-state index is 13.5. The number of H-pyrrole nitrogens is 2. The lowest BCUT2D eigenvalue weighted by atomic mass is 10.1. The molecule has 1 fully saturated rings. The Labute approximate surface area is 176 Å². The maximum Gasteiger partial charge on any atom is 0.214 e. The van der Waals surface area contributed by atoms with Gasteiger partial charge in [0.1, 0.15) is 17.5 Å². The zero-order valence-electron chi connectivity index (χ0n) is 16.7. The van der Waals surface area contributed by atoms with Crippen LogP contribution in [0, 0.1) is 5.82 Å². The largest absolute Gasteiger partial charge is 0.372 e. The van der Waals surface area contributed by atoms with Crippen LogP contribution in [0.1, 0.15) is 40.6 Å². The standard InChI is InChI=1S/C23H19FN6O/c1-25-23-16(21(31)20-8-13-4-5-14(24)9-18(13)27-20)11-26-30(23)15-6-7-17-19(10-15)29-22(28-17)12-2-3-12/h4-12,25,27H,2-3H2,1H3,(H,28,29). The highest BCUT2D eigenvalue weighted by Gasteiger charge is 2.27. The molecule has 0 bridgehead atoms. The second-order valence-corrected chi connectivity index (χ2v) is 7.91. The Hall–Kier alpha value is -3.94. The van der Waals surface area contributed by atoms with Crippen LogP contribution in [0.15, 0.2) is 48.7 Å². The van der Waals surface area contributed by atoms with Gasteiger partial charge >= 0.3 is 0 Å². The number of hydrogen-bond acceptors (Lipinski definition) is 4. The monoisotopic (exact) mass is 414 g/mol. The first kappa shape index (κ1) is 17.9. The molecule has 0 radical (unpaired) electrons. The third-order valence-electron chi connectivity index (χ3n) is 5.77. The Balaban J connectivity index is 1.39. The van der Waals surface area contributed by atoms with Crippen molar-refractivity contribution in [2.75, 3.05) is 12.4 Å². The molecule has 0 spiro atoms. The van der Waals surface area contributed by atoms with Crippen molar-refractivity contribution >= 4 is 33.5 Å². The van der Waals surface area contributed by atoms with Gasteiger partial charge in [-0.25, -0.2) is 14.1 Å². The number of ketones is 1. The molecular weight excluding hydrogens is 395 g/mol. The minimum Gasteiger partial charge on any atom is -0.372 e. The summed E-state index contributed by atoms with van der Waals surface area (Å²) < 4.78 is 15.2. The Bertz CT molecular complexity index is 1470. The van der Waals surface area contributed by atoms with Crippen LogP contribution in [-0.2, 0) is 0 Å². The maximum atomic E-state index is 13.5. The van der Waals surface area contributed by atoms with Crippen molar-refractivity contribution in [3.8, 4) is 5.69 Å². The summed E-state index contributed by atoms with van der Waals surface area (Å²) in [7, 11) is 1.75. The van der Waals surface area contributed by atoms with E-state index in [9.17, 15) is 9.18 Å². The SMILES string of the molecule is CNc1c(C(=O)c2cc3ccc(F)cc3[nH]2)cnn1-c1ccc2[nH]c(C3CC3)nc2c1. The number of carbonyl (C=O) groups is 1. The van der Waals surface area contributed by atoms with Gasteiger partial charge in [0, 0.05) is 23.9 Å². The predicted octanol–water partition coefficient (Wildman–Crippen LogP) is 4.52. The Morgan fingerprint density at radius 3 is 2.81 bits per heavy atom. The molecule has 3 N–H and O–H groups in total. The molecule has 0 saturated heterocycles. The average molecular weight is 414 g/mol. The summed E-state index contributed by atoms with van der Waals surface area (Å²) in [6.07, 6.45) is 3.91. The van der Waals surface area contributed by atoms with Crippen LogP contribution < -0.4 is 5.32 Å². The Morgan fingerprint density at radius 1 is 1.13 bits per heavy atom. The van der Waals surface area contributed by atoms with Crippen molar-refractivity contribution in [1.82, 2.24) is 24.7 Å². The molecule has 1 aliphatic carbocycles. The van der Waals surface area contributed by atoms with Crippen LogP contribution in [-0.4, -0.2) is 37.6 Å². The molecule has 0 amide bonds. The third-order valence-corrected chi connectivity index (χ3v) is 5.77. The summed E-state index contributed by atoms with van der Waals surface area (Å²) in [6.45, 7) is 0. The molecule has 3 heterocycles. The van der Waals surface area contributed by atoms with Crippen molar-refractivity contribution in [2.45, 2.75) is 18.8 Å². The van der Waals surface area contributed by atoms with Crippen LogP contribution in [0.3, 0.4) is 0 Å². The molecule has 1 saturated carbocycles. The highest BCUT2D eigenvalue weighted by molar-refractivity contribution is 6.12. The van der Waals surface area contributed by atoms with E-state index in [-0.39, 0.29) is 11.6 Å². The van der Waals surface area contributed by atoms with E-state index in [0.717, 1.165) is 27.9 Å². The van der Waals surface area contributed by atoms with Crippen molar-refractivity contribution in [3.05, 3.63) is 71.6 Å². The van der Waals surface area contributed by atoms with Gasteiger partial charge in [0.25, 0.3) is 0 Å². The van der Waals surface area contributed by atoms with Gasteiger partial charge in [-0.1, -0.05) is 0 Å². The number of imidazole rings is 1. The van der Waals surface area contributed by atoms with Crippen molar-refractivity contribution in [1.29, 1.82) is 0 Å². The number of nitrogens with zero attached hydrogens (tertiary/aromatic N) is 3. The molecule has 6 rings (SSSR count). The van der Waals surface area contributed by atoms with E-state index in [4.69, 9.17) is 4.98 Å². The lowest BCUT2D eigenvalue weighted by Crippen LogP contribution is -2.08. The summed E-state index contributed by atoms with van der Waals surface area (Å²) in [5.74, 6) is 1.59. The first-order valence-electron chi connectivity index (χ1n) is 10.2. The Kier molecular flexibility index (Phi) is 3.77. The number of rotatable bonds is 5. The summed E-state index contributed by atoms with van der Waals surface area (Å²) >= 11 is 0. The smallest absolute Gasteiger partial charge is 0.214 e. The van der Waals surface area contributed by atoms with Crippen molar-refractivity contribution < 1.29 is 9.18 Å². The highest BCUT2D eigenvalue weighted by Crippen LogP contribution is 2.39. The molecule has 8 heteroatoms. The topological polar surface area (TPSA) is 91.4 Å². The number of aromatic nitrogens is 5. The van der Waals surface area contributed by atoms with E-state index < -0.39 is 0 Å². The Morgan fingerprint density at radius 2 is 2.00 bits per heavy atom. The zero-order valence-corrected chi connectivity index (χ0v) is 16.7. The molecule has 3 aromatic heterocycles. The van der Waals surface area contributed by atoms with Crippen molar-refractivity contribution in [3.63, 3.8) is 0 Å². The van der Waals surface area contributed by atoms with E-state index in [1.54, 1.807) is 30.1 Å². The molecule has 0 unspecified atom stereocenters. The minimum atomic E-state index is -0.351. The summed E-state index contributed by atoms with van der Waals surface area (Å²) in [4.78, 5) is 24.3. The molecule has 2 aromatic carbocycles. The van der Waals surface area contributed by atoms with Gasteiger partial charge in [0.05, 0.1) is 34.2 Å². The zero-order chi connectivity index (χ0) is 21.1.